The Balaban J connectivity index is 1.14. The van der Waals surface area contributed by atoms with Crippen LogP contribution in [0.5, 0.6) is 5.75 Å². The number of carbonyl (C=O) groups excluding carboxylic acids is 2. The molecule has 1 aliphatic carbocycles. The molecule has 3 fully saturated rings. The summed E-state index contributed by atoms with van der Waals surface area (Å²) in [4.78, 5) is 31.6. The largest absolute Gasteiger partial charge is 0.497 e. The van der Waals surface area contributed by atoms with Gasteiger partial charge in [0.05, 0.1) is 25.5 Å². The molecule has 0 unspecified atom stereocenters. The lowest BCUT2D eigenvalue weighted by atomic mass is 10.1. The number of aromatic nitrogens is 2. The van der Waals surface area contributed by atoms with Crippen molar-refractivity contribution in [3.05, 3.63) is 36.4 Å². The highest BCUT2D eigenvalue weighted by Crippen LogP contribution is 2.31. The standard InChI is InChI=1S/C26H33N5O4/c1-34-21-8-6-19(7-9-21)23-10-11-24(28-27-23)29-12-14-30(15-13-29)25(32)18-31(26(33)20-4-5-20)17-22-3-2-16-35-22/h6-11,20,22H,2-5,12-18H2,1H3/t22-/m0/s1. The van der Waals surface area contributed by atoms with Crippen LogP contribution in [0.25, 0.3) is 11.3 Å². The Morgan fingerprint density at radius 2 is 1.80 bits per heavy atom. The Hall–Kier alpha value is -3.20. The fourth-order valence-corrected chi connectivity index (χ4v) is 4.71. The second-order valence-electron chi connectivity index (χ2n) is 9.50. The Labute approximate surface area is 206 Å². The fraction of sp³-hybridized carbons (Fsp3) is 0.538. The van der Waals surface area contributed by atoms with Crippen LogP contribution in [-0.4, -0.2) is 90.9 Å². The van der Waals surface area contributed by atoms with Crippen LogP contribution >= 0.6 is 0 Å². The molecule has 0 bridgehead atoms. The smallest absolute Gasteiger partial charge is 0.242 e. The zero-order valence-electron chi connectivity index (χ0n) is 20.3. The van der Waals surface area contributed by atoms with E-state index in [0.717, 1.165) is 55.1 Å². The van der Waals surface area contributed by atoms with Gasteiger partial charge in [-0.25, -0.2) is 0 Å². The zero-order valence-corrected chi connectivity index (χ0v) is 20.3. The summed E-state index contributed by atoms with van der Waals surface area (Å²) >= 11 is 0. The van der Waals surface area contributed by atoms with Crippen molar-refractivity contribution in [1.82, 2.24) is 20.0 Å². The molecule has 186 valence electrons. The lowest BCUT2D eigenvalue weighted by Gasteiger charge is -2.36. The number of anilines is 1. The van der Waals surface area contributed by atoms with E-state index in [9.17, 15) is 9.59 Å². The molecule has 2 saturated heterocycles. The van der Waals surface area contributed by atoms with Gasteiger partial charge in [-0.2, -0.15) is 0 Å². The van der Waals surface area contributed by atoms with E-state index in [0.29, 0.717) is 32.7 Å². The Kier molecular flexibility index (Phi) is 7.13. The summed E-state index contributed by atoms with van der Waals surface area (Å²) in [5.74, 6) is 1.83. The summed E-state index contributed by atoms with van der Waals surface area (Å²) < 4.78 is 10.9. The van der Waals surface area contributed by atoms with Crippen LogP contribution in [0.15, 0.2) is 36.4 Å². The summed E-state index contributed by atoms with van der Waals surface area (Å²) in [7, 11) is 1.64. The first-order valence-corrected chi connectivity index (χ1v) is 12.5. The van der Waals surface area contributed by atoms with Crippen LogP contribution in [-0.2, 0) is 14.3 Å². The highest BCUT2D eigenvalue weighted by Gasteiger charge is 2.36. The molecule has 2 aliphatic heterocycles. The summed E-state index contributed by atoms with van der Waals surface area (Å²) in [5.41, 5.74) is 1.78. The first kappa shape index (κ1) is 23.5. The van der Waals surface area contributed by atoms with Gasteiger partial charge in [0.1, 0.15) is 5.75 Å². The van der Waals surface area contributed by atoms with Crippen LogP contribution in [0, 0.1) is 5.92 Å². The second kappa shape index (κ2) is 10.6. The summed E-state index contributed by atoms with van der Waals surface area (Å²) in [5, 5.41) is 8.82. The van der Waals surface area contributed by atoms with Crippen molar-refractivity contribution in [2.75, 3.05) is 57.9 Å². The van der Waals surface area contributed by atoms with E-state index >= 15 is 0 Å². The van der Waals surface area contributed by atoms with Gasteiger partial charge in [0.2, 0.25) is 11.8 Å². The van der Waals surface area contributed by atoms with E-state index in [-0.39, 0.29) is 30.4 Å². The van der Waals surface area contributed by atoms with Crippen molar-refractivity contribution < 1.29 is 19.1 Å². The average Bonchev–Trinajstić information content (AvgIpc) is 3.64. The lowest BCUT2D eigenvalue weighted by Crippen LogP contribution is -2.53. The van der Waals surface area contributed by atoms with E-state index in [1.807, 2.05) is 41.3 Å². The first-order chi connectivity index (χ1) is 17.1. The molecular weight excluding hydrogens is 446 g/mol. The summed E-state index contributed by atoms with van der Waals surface area (Å²) in [6, 6.07) is 11.7. The van der Waals surface area contributed by atoms with Gasteiger partial charge < -0.3 is 24.2 Å². The molecule has 0 N–H and O–H groups in total. The van der Waals surface area contributed by atoms with Crippen molar-refractivity contribution in [2.45, 2.75) is 31.8 Å². The maximum Gasteiger partial charge on any atom is 0.242 e. The van der Waals surface area contributed by atoms with Gasteiger partial charge in [-0.15, -0.1) is 10.2 Å². The van der Waals surface area contributed by atoms with E-state index in [2.05, 4.69) is 15.1 Å². The predicted octanol–water partition coefficient (Wildman–Crippen LogP) is 2.22. The monoisotopic (exact) mass is 479 g/mol. The third-order valence-electron chi connectivity index (χ3n) is 7.01. The molecule has 3 heterocycles. The number of carbonyl (C=O) groups is 2. The Morgan fingerprint density at radius 3 is 2.40 bits per heavy atom. The molecule has 9 heteroatoms. The van der Waals surface area contributed by atoms with Crippen molar-refractivity contribution >= 4 is 17.6 Å². The molecule has 1 saturated carbocycles. The third-order valence-corrected chi connectivity index (χ3v) is 7.01. The minimum atomic E-state index is 0.0117. The summed E-state index contributed by atoms with van der Waals surface area (Å²) in [6.45, 7) is 3.99. The maximum atomic E-state index is 13.1. The highest BCUT2D eigenvalue weighted by atomic mass is 16.5. The minimum Gasteiger partial charge on any atom is -0.497 e. The van der Waals surface area contributed by atoms with Gasteiger partial charge in [-0.1, -0.05) is 0 Å². The third kappa shape index (κ3) is 5.73. The predicted molar refractivity (Wildman–Crippen MR) is 131 cm³/mol. The van der Waals surface area contributed by atoms with Gasteiger partial charge in [-0.05, 0) is 62.1 Å². The van der Waals surface area contributed by atoms with Gasteiger partial charge >= 0.3 is 0 Å². The normalized spacial score (nSPS) is 20.1. The number of benzene rings is 1. The van der Waals surface area contributed by atoms with Crippen LogP contribution in [0.3, 0.4) is 0 Å². The number of nitrogens with zero attached hydrogens (tertiary/aromatic N) is 5. The molecule has 3 aliphatic rings. The van der Waals surface area contributed by atoms with Crippen molar-refractivity contribution in [2.24, 2.45) is 5.92 Å². The molecule has 1 aromatic carbocycles. The molecule has 5 rings (SSSR count). The number of methoxy groups -OCH3 is 1. The first-order valence-electron chi connectivity index (χ1n) is 12.5. The van der Waals surface area contributed by atoms with E-state index in [4.69, 9.17) is 9.47 Å². The number of hydrogen-bond donors (Lipinski definition) is 0. The maximum absolute atomic E-state index is 13.1. The van der Waals surface area contributed by atoms with Crippen LogP contribution in [0.4, 0.5) is 5.82 Å². The van der Waals surface area contributed by atoms with Gasteiger partial charge in [-0.3, -0.25) is 9.59 Å². The van der Waals surface area contributed by atoms with Crippen LogP contribution in [0.2, 0.25) is 0 Å². The molecule has 0 spiro atoms. The van der Waals surface area contributed by atoms with Crippen molar-refractivity contribution in [3.63, 3.8) is 0 Å². The van der Waals surface area contributed by atoms with E-state index in [1.54, 1.807) is 12.0 Å². The minimum absolute atomic E-state index is 0.0117. The number of amides is 2. The topological polar surface area (TPSA) is 88.1 Å². The Bertz CT molecular complexity index is 1010. The molecule has 2 amide bonds. The fourth-order valence-electron chi connectivity index (χ4n) is 4.71. The molecular formula is C26H33N5O4. The number of piperazine rings is 1. The lowest BCUT2D eigenvalue weighted by molar-refractivity contribution is -0.142. The number of rotatable bonds is 8. The van der Waals surface area contributed by atoms with Gasteiger partial charge in [0.25, 0.3) is 0 Å². The summed E-state index contributed by atoms with van der Waals surface area (Å²) in [6.07, 6.45) is 3.91. The number of hydrogen-bond acceptors (Lipinski definition) is 7. The zero-order chi connectivity index (χ0) is 24.2. The van der Waals surface area contributed by atoms with Crippen LogP contribution < -0.4 is 9.64 Å². The van der Waals surface area contributed by atoms with Gasteiger partial charge in [0.15, 0.2) is 5.82 Å². The van der Waals surface area contributed by atoms with Crippen molar-refractivity contribution in [1.29, 1.82) is 0 Å². The average molecular weight is 480 g/mol. The molecule has 9 nitrogen and oxygen atoms in total. The Morgan fingerprint density at radius 1 is 1.03 bits per heavy atom. The SMILES string of the molecule is COc1ccc(-c2ccc(N3CCN(C(=O)CN(C[C@@H]4CCCO4)C(=O)C4CC4)CC3)nn2)cc1. The molecule has 0 radical (unpaired) electrons. The molecule has 35 heavy (non-hydrogen) atoms. The quantitative estimate of drug-likeness (QED) is 0.574. The van der Waals surface area contributed by atoms with E-state index in [1.165, 1.54) is 0 Å². The number of ether oxygens (including phenoxy) is 2. The van der Waals surface area contributed by atoms with Gasteiger partial charge in [0, 0.05) is 50.8 Å². The van der Waals surface area contributed by atoms with Crippen LogP contribution in [0.1, 0.15) is 25.7 Å². The molecule has 2 aromatic rings. The highest BCUT2D eigenvalue weighted by molar-refractivity contribution is 5.87. The second-order valence-corrected chi connectivity index (χ2v) is 9.50. The molecule has 1 aromatic heterocycles. The molecule has 1 atom stereocenters. The van der Waals surface area contributed by atoms with Crippen molar-refractivity contribution in [3.8, 4) is 17.0 Å². The van der Waals surface area contributed by atoms with E-state index < -0.39 is 0 Å².